The Bertz CT molecular complexity index is 915. The largest absolute Gasteiger partial charge is 0.497 e. The lowest BCUT2D eigenvalue weighted by molar-refractivity contribution is -0.384. The average molecular weight is 399 g/mol. The molecule has 1 fully saturated rings. The number of hydrogen-bond donors (Lipinski definition) is 1. The zero-order chi connectivity index (χ0) is 21.0. The number of amides is 1. The van der Waals surface area contributed by atoms with Crippen molar-refractivity contribution >= 4 is 23.0 Å². The number of carbonyl (C=O) groups is 1. The Labute approximate surface area is 169 Å². The molecule has 8 nitrogen and oxygen atoms in total. The normalized spacial score (nSPS) is 16.2. The number of ether oxygens (including phenoxy) is 2. The van der Waals surface area contributed by atoms with Crippen molar-refractivity contribution in [1.29, 1.82) is 0 Å². The van der Waals surface area contributed by atoms with E-state index in [1.807, 2.05) is 4.90 Å². The van der Waals surface area contributed by atoms with Gasteiger partial charge in [0.1, 0.15) is 17.2 Å². The van der Waals surface area contributed by atoms with Gasteiger partial charge in [-0.3, -0.25) is 14.9 Å². The van der Waals surface area contributed by atoms with E-state index in [1.165, 1.54) is 20.3 Å². The second-order valence-electron chi connectivity index (χ2n) is 7.17. The van der Waals surface area contributed by atoms with E-state index in [1.54, 1.807) is 30.3 Å². The predicted octanol–water partition coefficient (Wildman–Crippen LogP) is 4.10. The van der Waals surface area contributed by atoms with E-state index in [0.29, 0.717) is 28.8 Å². The van der Waals surface area contributed by atoms with Gasteiger partial charge in [-0.2, -0.15) is 0 Å². The number of methoxy groups -OCH3 is 2. The van der Waals surface area contributed by atoms with E-state index in [9.17, 15) is 14.9 Å². The standard InChI is InChI=1S/C21H25N3O5/c1-14-5-4-10-23(13-14)18-8-6-15(11-19(18)24(26)27)21(25)22-17-12-16(28-2)7-9-20(17)29-3/h6-9,11-12,14H,4-5,10,13H2,1-3H3,(H,22,25)/t14-/m0/s1. The minimum atomic E-state index is -0.460. The fraction of sp³-hybridized carbons (Fsp3) is 0.381. The van der Waals surface area contributed by atoms with Gasteiger partial charge in [0.25, 0.3) is 11.6 Å². The number of anilines is 2. The molecule has 8 heteroatoms. The fourth-order valence-electron chi connectivity index (χ4n) is 3.59. The second kappa shape index (κ2) is 8.81. The van der Waals surface area contributed by atoms with Gasteiger partial charge in [-0.05, 0) is 43.0 Å². The van der Waals surface area contributed by atoms with Crippen molar-refractivity contribution in [3.8, 4) is 11.5 Å². The SMILES string of the molecule is COc1ccc(OC)c(NC(=O)c2ccc(N3CCC[C@H](C)C3)c([N+](=O)[O-])c2)c1. The van der Waals surface area contributed by atoms with Gasteiger partial charge < -0.3 is 19.7 Å². The molecule has 0 aromatic heterocycles. The van der Waals surface area contributed by atoms with Crippen molar-refractivity contribution in [3.05, 3.63) is 52.1 Å². The fourth-order valence-corrected chi connectivity index (χ4v) is 3.59. The second-order valence-corrected chi connectivity index (χ2v) is 7.17. The van der Waals surface area contributed by atoms with Crippen LogP contribution in [0.5, 0.6) is 11.5 Å². The lowest BCUT2D eigenvalue weighted by atomic mass is 9.99. The Hall–Kier alpha value is -3.29. The minimum Gasteiger partial charge on any atom is -0.497 e. The molecule has 0 unspecified atom stereocenters. The molecule has 1 N–H and O–H groups in total. The zero-order valence-electron chi connectivity index (χ0n) is 16.8. The third-order valence-corrected chi connectivity index (χ3v) is 5.09. The van der Waals surface area contributed by atoms with Crippen LogP contribution < -0.4 is 19.7 Å². The smallest absolute Gasteiger partial charge is 0.293 e. The zero-order valence-corrected chi connectivity index (χ0v) is 16.8. The highest BCUT2D eigenvalue weighted by Gasteiger charge is 2.25. The first-order chi connectivity index (χ1) is 13.9. The third-order valence-electron chi connectivity index (χ3n) is 5.09. The minimum absolute atomic E-state index is 0.0654. The lowest BCUT2D eigenvalue weighted by Gasteiger charge is -2.32. The number of nitro groups is 1. The van der Waals surface area contributed by atoms with E-state index in [0.717, 1.165) is 25.9 Å². The van der Waals surface area contributed by atoms with Crippen LogP contribution in [0.1, 0.15) is 30.1 Å². The molecule has 29 heavy (non-hydrogen) atoms. The van der Waals surface area contributed by atoms with E-state index >= 15 is 0 Å². The Balaban J connectivity index is 1.88. The maximum atomic E-state index is 12.8. The molecule has 154 valence electrons. The molecular formula is C21H25N3O5. The van der Waals surface area contributed by atoms with Crippen molar-refractivity contribution in [2.24, 2.45) is 5.92 Å². The number of nitrogens with zero attached hydrogens (tertiary/aromatic N) is 2. The summed E-state index contributed by atoms with van der Waals surface area (Å²) < 4.78 is 10.4. The van der Waals surface area contributed by atoms with Gasteiger partial charge in [-0.1, -0.05) is 6.92 Å². The van der Waals surface area contributed by atoms with Crippen LogP contribution in [0.25, 0.3) is 0 Å². The number of rotatable bonds is 6. The summed E-state index contributed by atoms with van der Waals surface area (Å²) in [6.45, 7) is 3.69. The maximum absolute atomic E-state index is 12.8. The van der Waals surface area contributed by atoms with Crippen LogP contribution in [0.4, 0.5) is 17.1 Å². The average Bonchev–Trinajstić information content (AvgIpc) is 2.73. The molecule has 1 atom stereocenters. The van der Waals surface area contributed by atoms with E-state index in [2.05, 4.69) is 12.2 Å². The summed E-state index contributed by atoms with van der Waals surface area (Å²) in [7, 11) is 3.02. The van der Waals surface area contributed by atoms with Gasteiger partial charge in [0, 0.05) is 30.8 Å². The highest BCUT2D eigenvalue weighted by Crippen LogP contribution is 2.33. The third kappa shape index (κ3) is 4.59. The molecule has 0 radical (unpaired) electrons. The highest BCUT2D eigenvalue weighted by atomic mass is 16.6. The van der Waals surface area contributed by atoms with Gasteiger partial charge in [0.15, 0.2) is 0 Å². The summed E-state index contributed by atoms with van der Waals surface area (Å²) in [5.41, 5.74) is 1.12. The molecule has 0 aliphatic carbocycles. The summed E-state index contributed by atoms with van der Waals surface area (Å²) >= 11 is 0. The number of piperidine rings is 1. The Morgan fingerprint density at radius 1 is 1.21 bits per heavy atom. The van der Waals surface area contributed by atoms with Crippen LogP contribution >= 0.6 is 0 Å². The first kappa shape index (κ1) is 20.4. The monoisotopic (exact) mass is 399 g/mol. The van der Waals surface area contributed by atoms with Crippen molar-refractivity contribution in [3.63, 3.8) is 0 Å². The number of nitro benzene ring substituents is 1. The summed E-state index contributed by atoms with van der Waals surface area (Å²) in [6, 6.07) is 9.63. The molecule has 3 rings (SSSR count). The summed E-state index contributed by atoms with van der Waals surface area (Å²) in [5, 5.41) is 14.4. The molecule has 1 aliphatic heterocycles. The molecule has 0 bridgehead atoms. The van der Waals surface area contributed by atoms with Gasteiger partial charge in [0.05, 0.1) is 24.8 Å². The Kier molecular flexibility index (Phi) is 6.21. The predicted molar refractivity (Wildman–Crippen MR) is 111 cm³/mol. The number of hydrogen-bond acceptors (Lipinski definition) is 6. The van der Waals surface area contributed by atoms with Gasteiger partial charge >= 0.3 is 0 Å². The number of carbonyl (C=O) groups excluding carboxylic acids is 1. The number of benzene rings is 2. The van der Waals surface area contributed by atoms with Crippen LogP contribution in [0, 0.1) is 16.0 Å². The molecule has 2 aromatic carbocycles. The van der Waals surface area contributed by atoms with Crippen molar-refractivity contribution in [2.45, 2.75) is 19.8 Å². The molecular weight excluding hydrogens is 374 g/mol. The Morgan fingerprint density at radius 2 is 2.00 bits per heavy atom. The number of nitrogens with one attached hydrogen (secondary N) is 1. The van der Waals surface area contributed by atoms with Gasteiger partial charge in [0.2, 0.25) is 0 Å². The summed E-state index contributed by atoms with van der Waals surface area (Å²) in [4.78, 5) is 26.0. The molecule has 0 saturated carbocycles. The van der Waals surface area contributed by atoms with Crippen molar-refractivity contribution in [1.82, 2.24) is 0 Å². The highest BCUT2D eigenvalue weighted by molar-refractivity contribution is 6.06. The maximum Gasteiger partial charge on any atom is 0.293 e. The lowest BCUT2D eigenvalue weighted by Crippen LogP contribution is -2.34. The van der Waals surface area contributed by atoms with Crippen LogP contribution in [0.15, 0.2) is 36.4 Å². The quantitative estimate of drug-likeness (QED) is 0.581. The Morgan fingerprint density at radius 3 is 2.66 bits per heavy atom. The summed E-state index contributed by atoms with van der Waals surface area (Å²) in [6.07, 6.45) is 2.11. The van der Waals surface area contributed by atoms with E-state index in [-0.39, 0.29) is 11.3 Å². The van der Waals surface area contributed by atoms with E-state index < -0.39 is 10.8 Å². The molecule has 1 heterocycles. The first-order valence-electron chi connectivity index (χ1n) is 9.49. The van der Waals surface area contributed by atoms with Crippen LogP contribution in [0.3, 0.4) is 0 Å². The van der Waals surface area contributed by atoms with E-state index in [4.69, 9.17) is 9.47 Å². The summed E-state index contributed by atoms with van der Waals surface area (Å²) in [5.74, 6) is 1.04. The first-order valence-corrected chi connectivity index (χ1v) is 9.49. The van der Waals surface area contributed by atoms with Gasteiger partial charge in [-0.15, -0.1) is 0 Å². The van der Waals surface area contributed by atoms with Crippen LogP contribution in [0.2, 0.25) is 0 Å². The molecule has 2 aromatic rings. The van der Waals surface area contributed by atoms with Crippen LogP contribution in [-0.2, 0) is 0 Å². The van der Waals surface area contributed by atoms with Gasteiger partial charge in [-0.25, -0.2) is 0 Å². The molecule has 1 amide bonds. The topological polar surface area (TPSA) is 93.9 Å². The van der Waals surface area contributed by atoms with Crippen molar-refractivity contribution in [2.75, 3.05) is 37.5 Å². The molecule has 0 spiro atoms. The molecule has 1 aliphatic rings. The van der Waals surface area contributed by atoms with Crippen LogP contribution in [-0.4, -0.2) is 38.1 Å². The van der Waals surface area contributed by atoms with Crippen molar-refractivity contribution < 1.29 is 19.2 Å². The molecule has 1 saturated heterocycles.